The molecule has 0 fully saturated rings. The minimum Gasteiger partial charge on any atom is -0.493 e. The van der Waals surface area contributed by atoms with E-state index in [0.717, 1.165) is 0 Å². The number of benzene rings is 3. The van der Waals surface area contributed by atoms with Gasteiger partial charge in [-0.15, -0.1) is 0 Å². The first kappa shape index (κ1) is 19.3. The highest BCUT2D eigenvalue weighted by Crippen LogP contribution is 2.38. The normalized spacial score (nSPS) is 10.8. The Bertz CT molecular complexity index is 1300. The van der Waals surface area contributed by atoms with E-state index in [1.807, 2.05) is 6.07 Å². The second-order valence-corrected chi connectivity index (χ2v) is 6.51. The molecule has 1 N–H and O–H groups in total. The third-order valence-electron chi connectivity index (χ3n) is 4.76. The molecule has 0 aliphatic rings. The van der Waals surface area contributed by atoms with Crippen molar-refractivity contribution in [2.75, 3.05) is 26.6 Å². The van der Waals surface area contributed by atoms with Crippen molar-refractivity contribution in [3.63, 3.8) is 0 Å². The third-order valence-corrected chi connectivity index (χ3v) is 4.76. The van der Waals surface area contributed by atoms with Crippen molar-refractivity contribution in [2.45, 2.75) is 0 Å². The highest BCUT2D eigenvalue weighted by atomic mass is 16.5. The van der Waals surface area contributed by atoms with Crippen molar-refractivity contribution in [1.29, 1.82) is 0 Å². The van der Waals surface area contributed by atoms with Gasteiger partial charge in [0.25, 0.3) is 5.91 Å². The van der Waals surface area contributed by atoms with Crippen LogP contribution in [0.5, 0.6) is 17.2 Å². The zero-order valence-electron chi connectivity index (χ0n) is 16.6. The molecular formula is C23H19NO6. The van der Waals surface area contributed by atoms with Crippen LogP contribution in [-0.2, 0) is 0 Å². The Morgan fingerprint density at radius 2 is 1.50 bits per heavy atom. The fraction of sp³-hybridized carbons (Fsp3) is 0.130. The molecule has 0 atom stereocenters. The summed E-state index contributed by atoms with van der Waals surface area (Å²) in [5.41, 5.74) is 1.59. The highest BCUT2D eigenvalue weighted by Gasteiger charge is 2.17. The molecule has 1 aromatic heterocycles. The first-order chi connectivity index (χ1) is 14.5. The van der Waals surface area contributed by atoms with Crippen molar-refractivity contribution in [2.24, 2.45) is 0 Å². The molecule has 0 aliphatic carbocycles. The largest absolute Gasteiger partial charge is 0.493 e. The third kappa shape index (κ3) is 3.30. The van der Waals surface area contributed by atoms with E-state index in [1.54, 1.807) is 48.5 Å². The van der Waals surface area contributed by atoms with E-state index in [0.29, 0.717) is 50.4 Å². The lowest BCUT2D eigenvalue weighted by atomic mass is 10.1. The lowest BCUT2D eigenvalue weighted by Gasteiger charge is -2.14. The van der Waals surface area contributed by atoms with Crippen LogP contribution in [0, 0.1) is 0 Å². The van der Waals surface area contributed by atoms with Crippen LogP contribution in [0.3, 0.4) is 0 Å². The van der Waals surface area contributed by atoms with E-state index in [1.165, 1.54) is 21.3 Å². The highest BCUT2D eigenvalue weighted by molar-refractivity contribution is 6.06. The fourth-order valence-corrected chi connectivity index (χ4v) is 3.30. The molecular weight excluding hydrogens is 386 g/mol. The summed E-state index contributed by atoms with van der Waals surface area (Å²) in [4.78, 5) is 25.6. The summed E-state index contributed by atoms with van der Waals surface area (Å²) >= 11 is 0. The van der Waals surface area contributed by atoms with Gasteiger partial charge in [0.2, 0.25) is 11.2 Å². The first-order valence-electron chi connectivity index (χ1n) is 9.12. The van der Waals surface area contributed by atoms with Crippen LogP contribution in [-0.4, -0.2) is 27.2 Å². The van der Waals surface area contributed by atoms with Crippen molar-refractivity contribution in [3.05, 3.63) is 70.4 Å². The smallest absolute Gasteiger partial charge is 0.255 e. The molecule has 0 saturated heterocycles. The molecule has 3 aromatic carbocycles. The Hall–Kier alpha value is -4.00. The summed E-state index contributed by atoms with van der Waals surface area (Å²) in [5.74, 6) is 0.741. The van der Waals surface area contributed by atoms with Gasteiger partial charge in [-0.2, -0.15) is 0 Å². The summed E-state index contributed by atoms with van der Waals surface area (Å²) < 4.78 is 21.7. The average Bonchev–Trinajstić information content (AvgIpc) is 2.78. The maximum Gasteiger partial charge on any atom is 0.255 e. The Morgan fingerprint density at radius 1 is 0.833 bits per heavy atom. The topological polar surface area (TPSA) is 87.0 Å². The Morgan fingerprint density at radius 3 is 2.17 bits per heavy atom. The summed E-state index contributed by atoms with van der Waals surface area (Å²) in [5, 5.41) is 3.66. The average molecular weight is 405 g/mol. The molecule has 0 bridgehead atoms. The number of para-hydroxylation sites is 1. The van der Waals surface area contributed by atoms with E-state index in [9.17, 15) is 9.59 Å². The number of hydrogen-bond acceptors (Lipinski definition) is 6. The predicted octanol–water partition coefficient (Wildman–Crippen LogP) is 4.22. The number of hydrogen-bond donors (Lipinski definition) is 1. The van der Waals surface area contributed by atoms with E-state index >= 15 is 0 Å². The molecule has 0 radical (unpaired) electrons. The number of amides is 1. The number of fused-ring (bicyclic) bond motifs is 2. The van der Waals surface area contributed by atoms with Crippen LogP contribution < -0.4 is 25.0 Å². The lowest BCUT2D eigenvalue weighted by molar-refractivity contribution is 0.102. The molecule has 1 amide bonds. The van der Waals surface area contributed by atoms with Gasteiger partial charge < -0.3 is 23.9 Å². The van der Waals surface area contributed by atoms with Gasteiger partial charge in [0.1, 0.15) is 11.2 Å². The number of methoxy groups -OCH3 is 3. The monoisotopic (exact) mass is 405 g/mol. The Kier molecular flexibility index (Phi) is 5.02. The maximum atomic E-state index is 12.8. The van der Waals surface area contributed by atoms with Crippen LogP contribution in [0.15, 0.2) is 63.8 Å². The van der Waals surface area contributed by atoms with Gasteiger partial charge in [-0.05, 0) is 42.5 Å². The van der Waals surface area contributed by atoms with Crippen molar-refractivity contribution < 1.29 is 23.4 Å². The maximum absolute atomic E-state index is 12.8. The molecule has 7 heteroatoms. The zero-order chi connectivity index (χ0) is 21.3. The summed E-state index contributed by atoms with van der Waals surface area (Å²) in [6, 6.07) is 15.1. The van der Waals surface area contributed by atoms with E-state index in [2.05, 4.69) is 5.32 Å². The molecule has 1 heterocycles. The predicted molar refractivity (Wildman–Crippen MR) is 114 cm³/mol. The minimum absolute atomic E-state index is 0.157. The number of carbonyl (C=O) groups is 1. The molecule has 0 spiro atoms. The number of anilines is 1. The lowest BCUT2D eigenvalue weighted by Crippen LogP contribution is -2.13. The molecule has 0 saturated carbocycles. The zero-order valence-corrected chi connectivity index (χ0v) is 16.6. The number of rotatable bonds is 5. The standard InChI is InChI=1S/C23H19NO6/c1-27-19-10-13(11-20(28-2)22(19)29-3)23(26)24-14-8-9-18-16(12-14)21(25)15-6-4-5-7-17(15)30-18/h4-12H,1-3H3,(H,24,26). The van der Waals surface area contributed by atoms with E-state index in [4.69, 9.17) is 18.6 Å². The van der Waals surface area contributed by atoms with Crippen LogP contribution in [0.1, 0.15) is 10.4 Å². The number of carbonyl (C=O) groups excluding carboxylic acids is 1. The number of nitrogens with one attached hydrogen (secondary N) is 1. The molecule has 152 valence electrons. The van der Waals surface area contributed by atoms with Gasteiger partial charge in [0.15, 0.2) is 11.5 Å². The Labute approximate surface area is 171 Å². The second kappa shape index (κ2) is 7.79. The van der Waals surface area contributed by atoms with Gasteiger partial charge in [0, 0.05) is 11.3 Å². The molecule has 0 unspecified atom stereocenters. The first-order valence-corrected chi connectivity index (χ1v) is 9.12. The molecule has 0 aliphatic heterocycles. The van der Waals surface area contributed by atoms with Crippen LogP contribution in [0.4, 0.5) is 5.69 Å². The minimum atomic E-state index is -0.390. The molecule has 7 nitrogen and oxygen atoms in total. The van der Waals surface area contributed by atoms with Crippen molar-refractivity contribution >= 4 is 33.5 Å². The summed E-state index contributed by atoms with van der Waals surface area (Å²) in [6.45, 7) is 0. The van der Waals surface area contributed by atoms with Gasteiger partial charge in [0.05, 0.1) is 32.1 Å². The van der Waals surface area contributed by atoms with Crippen molar-refractivity contribution in [1.82, 2.24) is 0 Å². The van der Waals surface area contributed by atoms with E-state index in [-0.39, 0.29) is 5.43 Å². The second-order valence-electron chi connectivity index (χ2n) is 6.51. The quantitative estimate of drug-likeness (QED) is 0.500. The van der Waals surface area contributed by atoms with Crippen molar-refractivity contribution in [3.8, 4) is 17.2 Å². The molecule has 30 heavy (non-hydrogen) atoms. The van der Waals surface area contributed by atoms with Gasteiger partial charge in [-0.25, -0.2) is 0 Å². The molecule has 4 aromatic rings. The van der Waals surface area contributed by atoms with Crippen LogP contribution >= 0.6 is 0 Å². The van der Waals surface area contributed by atoms with Gasteiger partial charge in [-0.1, -0.05) is 12.1 Å². The van der Waals surface area contributed by atoms with Crippen LogP contribution in [0.2, 0.25) is 0 Å². The summed E-state index contributed by atoms with van der Waals surface area (Å²) in [7, 11) is 4.45. The summed E-state index contributed by atoms with van der Waals surface area (Å²) in [6.07, 6.45) is 0. The number of ether oxygens (including phenoxy) is 3. The van der Waals surface area contributed by atoms with Gasteiger partial charge >= 0.3 is 0 Å². The SMILES string of the molecule is COc1cc(C(=O)Nc2ccc3oc4ccccc4c(=O)c3c2)cc(OC)c1OC. The Balaban J connectivity index is 1.72. The van der Waals surface area contributed by atoms with E-state index < -0.39 is 5.91 Å². The molecule has 4 rings (SSSR count). The van der Waals surface area contributed by atoms with Crippen LogP contribution in [0.25, 0.3) is 21.9 Å². The fourth-order valence-electron chi connectivity index (χ4n) is 3.30. The van der Waals surface area contributed by atoms with Gasteiger partial charge in [-0.3, -0.25) is 9.59 Å².